The van der Waals surface area contributed by atoms with Crippen molar-refractivity contribution in [3.05, 3.63) is 15.6 Å². The Kier molecular flexibility index (Phi) is 4.05. The molecule has 0 saturated carbocycles. The van der Waals surface area contributed by atoms with Gasteiger partial charge in [-0.3, -0.25) is 0 Å². The Bertz CT molecular complexity index is 228. The first-order chi connectivity index (χ1) is 5.74. The number of hydrogen-bond donors (Lipinski definition) is 1. The summed E-state index contributed by atoms with van der Waals surface area (Å²) in [5, 5.41) is 9.74. The molecule has 0 aromatic carbocycles. The fraction of sp³-hybridized carbons (Fsp3) is 0.625. The number of thioether (sulfide) groups is 1. The van der Waals surface area contributed by atoms with Gasteiger partial charge in [0.2, 0.25) is 0 Å². The van der Waals surface area contributed by atoms with Crippen LogP contribution in [0.3, 0.4) is 0 Å². The molecule has 1 rings (SSSR count). The largest absolute Gasteiger partial charge is 0.396 e. The van der Waals surface area contributed by atoms with Gasteiger partial charge >= 0.3 is 0 Å². The fourth-order valence-electron chi connectivity index (χ4n) is 0.825. The molecule has 0 aliphatic carbocycles. The van der Waals surface area contributed by atoms with Crippen molar-refractivity contribution in [2.45, 2.75) is 19.6 Å². The molecule has 0 unspecified atom stereocenters. The van der Waals surface area contributed by atoms with Crippen LogP contribution in [-0.2, 0) is 5.75 Å². The van der Waals surface area contributed by atoms with Gasteiger partial charge in [0.25, 0.3) is 0 Å². The van der Waals surface area contributed by atoms with Gasteiger partial charge in [-0.15, -0.1) is 11.3 Å². The molecule has 0 amide bonds. The molecule has 4 heteroatoms. The van der Waals surface area contributed by atoms with E-state index in [9.17, 15) is 0 Å². The van der Waals surface area contributed by atoms with Gasteiger partial charge in [-0.25, -0.2) is 4.98 Å². The monoisotopic (exact) mass is 203 g/mol. The lowest BCUT2D eigenvalue weighted by Gasteiger charge is -1.93. The molecule has 0 atom stereocenters. The van der Waals surface area contributed by atoms with Crippen LogP contribution < -0.4 is 0 Å². The summed E-state index contributed by atoms with van der Waals surface area (Å²) in [5.41, 5.74) is 1.14. The highest BCUT2D eigenvalue weighted by Crippen LogP contribution is 2.20. The van der Waals surface area contributed by atoms with E-state index in [1.165, 1.54) is 9.88 Å². The molecule has 1 N–H and O–H groups in total. The lowest BCUT2D eigenvalue weighted by Crippen LogP contribution is -1.87. The Morgan fingerprint density at radius 2 is 2.25 bits per heavy atom. The second-order valence-electron chi connectivity index (χ2n) is 2.53. The van der Waals surface area contributed by atoms with E-state index in [0.29, 0.717) is 0 Å². The van der Waals surface area contributed by atoms with Crippen molar-refractivity contribution in [1.29, 1.82) is 0 Å². The molecular formula is C8H13NOS2. The Balaban J connectivity index is 2.42. The predicted molar refractivity (Wildman–Crippen MR) is 54.8 cm³/mol. The van der Waals surface area contributed by atoms with Crippen LogP contribution in [-0.4, -0.2) is 22.5 Å². The van der Waals surface area contributed by atoms with Crippen molar-refractivity contribution >= 4 is 23.1 Å². The van der Waals surface area contributed by atoms with E-state index < -0.39 is 0 Å². The molecule has 1 aromatic heterocycles. The lowest BCUT2D eigenvalue weighted by molar-refractivity contribution is 0.322. The van der Waals surface area contributed by atoms with Gasteiger partial charge in [-0.05, 0) is 13.8 Å². The Morgan fingerprint density at radius 3 is 2.75 bits per heavy atom. The van der Waals surface area contributed by atoms with Gasteiger partial charge in [0.1, 0.15) is 5.01 Å². The van der Waals surface area contributed by atoms with Gasteiger partial charge in [0.05, 0.1) is 12.3 Å². The SMILES string of the molecule is Cc1nc(CSCCO)sc1C. The van der Waals surface area contributed by atoms with E-state index in [0.717, 1.165) is 17.2 Å². The maximum Gasteiger partial charge on any atom is 0.103 e. The van der Waals surface area contributed by atoms with Gasteiger partial charge in [0, 0.05) is 16.4 Å². The van der Waals surface area contributed by atoms with Crippen LogP contribution >= 0.6 is 23.1 Å². The quantitative estimate of drug-likeness (QED) is 0.760. The third-order valence-electron chi connectivity index (χ3n) is 1.53. The van der Waals surface area contributed by atoms with Gasteiger partial charge < -0.3 is 5.11 Å². The zero-order valence-corrected chi connectivity index (χ0v) is 8.97. The molecule has 0 radical (unpaired) electrons. The standard InChI is InChI=1S/C8H13NOS2/c1-6-7(2)12-8(9-6)5-11-4-3-10/h10H,3-5H2,1-2H3. The predicted octanol–water partition coefficient (Wildman–Crippen LogP) is 1.99. The summed E-state index contributed by atoms with van der Waals surface area (Å²) in [5.74, 6) is 1.73. The highest BCUT2D eigenvalue weighted by Gasteiger charge is 2.02. The Morgan fingerprint density at radius 1 is 1.50 bits per heavy atom. The van der Waals surface area contributed by atoms with Crippen LogP contribution in [0.1, 0.15) is 15.6 Å². The summed E-state index contributed by atoms with van der Waals surface area (Å²) in [4.78, 5) is 5.70. The highest BCUT2D eigenvalue weighted by molar-refractivity contribution is 7.98. The minimum atomic E-state index is 0.258. The number of thiazole rings is 1. The molecule has 1 aromatic rings. The minimum absolute atomic E-state index is 0.258. The molecule has 0 aliphatic heterocycles. The first-order valence-corrected chi connectivity index (χ1v) is 5.82. The van der Waals surface area contributed by atoms with Gasteiger partial charge in [-0.2, -0.15) is 11.8 Å². The van der Waals surface area contributed by atoms with E-state index in [2.05, 4.69) is 11.9 Å². The average molecular weight is 203 g/mol. The molecule has 0 bridgehead atoms. The van der Waals surface area contributed by atoms with Gasteiger partial charge in [-0.1, -0.05) is 0 Å². The topological polar surface area (TPSA) is 33.1 Å². The molecule has 0 saturated heterocycles. The lowest BCUT2D eigenvalue weighted by atomic mass is 10.4. The van der Waals surface area contributed by atoms with Crippen molar-refractivity contribution in [3.8, 4) is 0 Å². The van der Waals surface area contributed by atoms with Crippen LogP contribution in [0.25, 0.3) is 0 Å². The number of hydrogen-bond acceptors (Lipinski definition) is 4. The number of rotatable bonds is 4. The van der Waals surface area contributed by atoms with E-state index in [1.54, 1.807) is 23.1 Å². The van der Waals surface area contributed by atoms with Crippen molar-refractivity contribution in [3.63, 3.8) is 0 Å². The molecule has 2 nitrogen and oxygen atoms in total. The molecule has 12 heavy (non-hydrogen) atoms. The third-order valence-corrected chi connectivity index (χ3v) is 3.74. The zero-order valence-electron chi connectivity index (χ0n) is 7.33. The summed E-state index contributed by atoms with van der Waals surface area (Å²) in [6.07, 6.45) is 0. The molecule has 0 spiro atoms. The van der Waals surface area contributed by atoms with Crippen LogP contribution in [0.15, 0.2) is 0 Å². The van der Waals surface area contributed by atoms with Crippen LogP contribution in [0.5, 0.6) is 0 Å². The summed E-state index contributed by atoms with van der Waals surface area (Å²) >= 11 is 3.48. The summed E-state index contributed by atoms with van der Waals surface area (Å²) in [6.45, 7) is 4.38. The second kappa shape index (κ2) is 4.84. The summed E-state index contributed by atoms with van der Waals surface area (Å²) in [6, 6.07) is 0. The number of aliphatic hydroxyl groups excluding tert-OH is 1. The first-order valence-electron chi connectivity index (χ1n) is 3.85. The minimum Gasteiger partial charge on any atom is -0.396 e. The third kappa shape index (κ3) is 2.77. The number of nitrogens with zero attached hydrogens (tertiary/aromatic N) is 1. The Hall–Kier alpha value is -0.0600. The highest BCUT2D eigenvalue weighted by atomic mass is 32.2. The first kappa shape index (κ1) is 10.0. The number of aromatic nitrogens is 1. The average Bonchev–Trinajstić information content (AvgIpc) is 2.32. The van der Waals surface area contributed by atoms with Crippen LogP contribution in [0.2, 0.25) is 0 Å². The Labute approximate surface area is 81.0 Å². The zero-order chi connectivity index (χ0) is 8.97. The number of aryl methyl sites for hydroxylation is 2. The van der Waals surface area contributed by atoms with Crippen molar-refractivity contribution in [1.82, 2.24) is 4.98 Å². The van der Waals surface area contributed by atoms with Crippen molar-refractivity contribution < 1.29 is 5.11 Å². The molecule has 1 heterocycles. The number of aliphatic hydroxyl groups is 1. The van der Waals surface area contributed by atoms with Crippen molar-refractivity contribution in [2.75, 3.05) is 12.4 Å². The van der Waals surface area contributed by atoms with E-state index in [1.807, 2.05) is 6.92 Å². The van der Waals surface area contributed by atoms with E-state index in [4.69, 9.17) is 5.11 Å². The van der Waals surface area contributed by atoms with E-state index in [-0.39, 0.29) is 6.61 Å². The molecule has 68 valence electrons. The normalized spacial score (nSPS) is 10.6. The molecular weight excluding hydrogens is 190 g/mol. The fourth-order valence-corrected chi connectivity index (χ4v) is 2.55. The molecule has 0 aliphatic rings. The maximum absolute atomic E-state index is 8.57. The van der Waals surface area contributed by atoms with E-state index >= 15 is 0 Å². The summed E-state index contributed by atoms with van der Waals surface area (Å²) < 4.78 is 0. The van der Waals surface area contributed by atoms with Crippen molar-refractivity contribution in [2.24, 2.45) is 0 Å². The summed E-state index contributed by atoms with van der Waals surface area (Å²) in [7, 11) is 0. The van der Waals surface area contributed by atoms with Crippen LogP contribution in [0, 0.1) is 13.8 Å². The van der Waals surface area contributed by atoms with Gasteiger partial charge in [0.15, 0.2) is 0 Å². The smallest absolute Gasteiger partial charge is 0.103 e. The maximum atomic E-state index is 8.57. The van der Waals surface area contributed by atoms with Crippen LogP contribution in [0.4, 0.5) is 0 Å². The second-order valence-corrected chi connectivity index (χ2v) is 4.92. The molecule has 0 fully saturated rings.